The average Bonchev–Trinajstić information content (AvgIpc) is 2.89. The monoisotopic (exact) mass is 509 g/mol. The summed E-state index contributed by atoms with van der Waals surface area (Å²) in [5.74, 6) is 0.610. The van der Waals surface area contributed by atoms with Crippen LogP contribution in [0.5, 0.6) is 11.5 Å². The molecule has 2 N–H and O–H groups in total. The van der Waals surface area contributed by atoms with Gasteiger partial charge in [0.05, 0.1) is 19.9 Å². The number of hydrogen-bond acceptors (Lipinski definition) is 6. The number of alkyl carbamates (subject to hydrolysis) is 1. The number of rotatable bonds is 11. The highest BCUT2D eigenvalue weighted by Crippen LogP contribution is 2.28. The number of carbonyl (C=O) groups is 2. The van der Waals surface area contributed by atoms with Crippen molar-refractivity contribution >= 4 is 29.8 Å². The molecule has 0 heterocycles. The van der Waals surface area contributed by atoms with Crippen molar-refractivity contribution in [2.45, 2.75) is 26.0 Å². The van der Waals surface area contributed by atoms with Gasteiger partial charge in [0.1, 0.15) is 12.6 Å². The molecule has 36 heavy (non-hydrogen) atoms. The van der Waals surface area contributed by atoms with Gasteiger partial charge in [0.2, 0.25) is 0 Å². The molecule has 1 atom stereocenters. The van der Waals surface area contributed by atoms with E-state index >= 15 is 0 Å². The highest BCUT2D eigenvalue weighted by Gasteiger charge is 2.21. The van der Waals surface area contributed by atoms with E-state index in [2.05, 4.69) is 15.8 Å². The van der Waals surface area contributed by atoms with Crippen molar-refractivity contribution in [2.24, 2.45) is 5.10 Å². The highest BCUT2D eigenvalue weighted by atomic mass is 35.5. The zero-order valence-corrected chi connectivity index (χ0v) is 20.8. The van der Waals surface area contributed by atoms with Crippen molar-refractivity contribution in [1.82, 2.24) is 10.7 Å². The second kappa shape index (κ2) is 13.7. The lowest BCUT2D eigenvalue weighted by Gasteiger charge is -2.16. The minimum atomic E-state index is -0.859. The van der Waals surface area contributed by atoms with E-state index in [0.29, 0.717) is 28.7 Å². The van der Waals surface area contributed by atoms with Crippen LogP contribution >= 0.6 is 11.6 Å². The van der Waals surface area contributed by atoms with Crippen LogP contribution in [0, 0.1) is 0 Å². The third kappa shape index (κ3) is 8.32. The number of hydrazone groups is 1. The molecule has 0 radical (unpaired) electrons. The molecule has 0 bridgehead atoms. The first-order valence-electron chi connectivity index (χ1n) is 11.3. The molecule has 3 rings (SSSR count). The van der Waals surface area contributed by atoms with E-state index in [1.165, 1.54) is 6.21 Å². The van der Waals surface area contributed by atoms with E-state index < -0.39 is 18.0 Å². The summed E-state index contributed by atoms with van der Waals surface area (Å²) < 4.78 is 16.2. The maximum absolute atomic E-state index is 12.7. The van der Waals surface area contributed by atoms with Crippen molar-refractivity contribution in [1.29, 1.82) is 0 Å². The SMILES string of the molecule is CCOC(=O)N[C@H](Cc1ccccc1)C(=O)N/N=C\c1ccc(OCc2ccc(Cl)cc2)c(OC)c1. The van der Waals surface area contributed by atoms with Crippen LogP contribution in [0.3, 0.4) is 0 Å². The molecule has 0 fully saturated rings. The van der Waals surface area contributed by atoms with Crippen molar-refractivity contribution in [2.75, 3.05) is 13.7 Å². The molecule has 0 saturated heterocycles. The van der Waals surface area contributed by atoms with Gasteiger partial charge >= 0.3 is 6.09 Å². The molecule has 3 aromatic carbocycles. The van der Waals surface area contributed by atoms with E-state index in [1.807, 2.05) is 42.5 Å². The molecule has 0 spiro atoms. The van der Waals surface area contributed by atoms with E-state index in [0.717, 1.165) is 11.1 Å². The topological polar surface area (TPSA) is 98.2 Å². The molecule has 0 aromatic heterocycles. The fourth-order valence-corrected chi connectivity index (χ4v) is 3.37. The Morgan fingerprint density at radius 3 is 2.44 bits per heavy atom. The summed E-state index contributed by atoms with van der Waals surface area (Å²) in [5, 5.41) is 7.28. The lowest BCUT2D eigenvalue weighted by atomic mass is 10.1. The van der Waals surface area contributed by atoms with Gasteiger partial charge in [0.15, 0.2) is 11.5 Å². The van der Waals surface area contributed by atoms with Gasteiger partial charge in [-0.25, -0.2) is 10.2 Å². The third-order valence-corrected chi connectivity index (χ3v) is 5.30. The number of ether oxygens (including phenoxy) is 3. The van der Waals surface area contributed by atoms with Crippen molar-refractivity contribution in [3.8, 4) is 11.5 Å². The lowest BCUT2D eigenvalue weighted by Crippen LogP contribution is -2.47. The second-order valence-corrected chi connectivity index (χ2v) is 8.10. The largest absolute Gasteiger partial charge is 0.493 e. The smallest absolute Gasteiger partial charge is 0.407 e. The van der Waals surface area contributed by atoms with Crippen molar-refractivity contribution in [3.63, 3.8) is 0 Å². The van der Waals surface area contributed by atoms with Crippen LogP contribution in [0.1, 0.15) is 23.6 Å². The van der Waals surface area contributed by atoms with Crippen LogP contribution in [0.25, 0.3) is 0 Å². The predicted octanol–water partition coefficient (Wildman–Crippen LogP) is 4.74. The van der Waals surface area contributed by atoms with Gasteiger partial charge in [0.25, 0.3) is 5.91 Å². The minimum Gasteiger partial charge on any atom is -0.493 e. The van der Waals surface area contributed by atoms with Gasteiger partial charge in [-0.05, 0) is 53.9 Å². The summed E-state index contributed by atoms with van der Waals surface area (Å²) in [4.78, 5) is 24.7. The van der Waals surface area contributed by atoms with E-state index in [9.17, 15) is 9.59 Å². The number of hydrogen-bond donors (Lipinski definition) is 2. The molecule has 0 aliphatic rings. The van der Waals surface area contributed by atoms with Crippen molar-refractivity contribution < 1.29 is 23.8 Å². The quantitative estimate of drug-likeness (QED) is 0.287. The third-order valence-electron chi connectivity index (χ3n) is 5.05. The molecule has 0 saturated carbocycles. The standard InChI is InChI=1S/C27H28ClN3O5/c1-3-35-27(33)30-23(15-19-7-5-4-6-8-19)26(32)31-29-17-21-11-14-24(25(16-21)34-2)36-18-20-9-12-22(28)13-10-20/h4-14,16-17,23H,3,15,18H2,1-2H3,(H,30,33)(H,31,32)/b29-17-/t23-/m1/s1. The molecule has 0 aliphatic carbocycles. The number of nitrogens with zero attached hydrogens (tertiary/aromatic N) is 1. The molecular weight excluding hydrogens is 482 g/mol. The maximum Gasteiger partial charge on any atom is 0.407 e. The maximum atomic E-state index is 12.7. The fraction of sp³-hybridized carbons (Fsp3) is 0.222. The summed E-state index contributed by atoms with van der Waals surface area (Å²) >= 11 is 5.92. The Kier molecular flexibility index (Phi) is 10.1. The Labute approximate surface area is 215 Å². The average molecular weight is 510 g/mol. The predicted molar refractivity (Wildman–Crippen MR) is 139 cm³/mol. The summed E-state index contributed by atoms with van der Waals surface area (Å²) in [6, 6.07) is 21.2. The van der Waals surface area contributed by atoms with Gasteiger partial charge in [-0.15, -0.1) is 0 Å². The number of nitrogens with one attached hydrogen (secondary N) is 2. The molecule has 188 valence electrons. The highest BCUT2D eigenvalue weighted by molar-refractivity contribution is 6.30. The van der Waals surface area contributed by atoms with E-state index in [-0.39, 0.29) is 13.0 Å². The van der Waals surface area contributed by atoms with Crippen LogP contribution in [0.2, 0.25) is 5.02 Å². The Morgan fingerprint density at radius 1 is 1.00 bits per heavy atom. The van der Waals surface area contributed by atoms with Crippen LogP contribution in [-0.4, -0.2) is 38.0 Å². The molecule has 8 nitrogen and oxygen atoms in total. The van der Waals surface area contributed by atoms with Gasteiger partial charge < -0.3 is 19.5 Å². The van der Waals surface area contributed by atoms with Crippen LogP contribution in [0.4, 0.5) is 4.79 Å². The van der Waals surface area contributed by atoms with Crippen LogP contribution in [-0.2, 0) is 22.6 Å². The fourth-order valence-electron chi connectivity index (χ4n) is 3.25. The molecule has 2 amide bonds. The number of amides is 2. The van der Waals surface area contributed by atoms with Gasteiger partial charge in [-0.2, -0.15) is 5.10 Å². The molecule has 0 unspecified atom stereocenters. The Morgan fingerprint density at radius 2 is 1.75 bits per heavy atom. The first kappa shape index (κ1) is 26.6. The van der Waals surface area contributed by atoms with Gasteiger partial charge in [0, 0.05) is 11.4 Å². The number of halogens is 1. The summed E-state index contributed by atoms with van der Waals surface area (Å²) in [6.07, 6.45) is 1.10. The number of carbonyl (C=O) groups excluding carboxylic acids is 2. The Hall–Kier alpha value is -4.04. The Balaban J connectivity index is 1.62. The lowest BCUT2D eigenvalue weighted by molar-refractivity contribution is -0.123. The molecule has 0 aliphatic heterocycles. The van der Waals surface area contributed by atoms with Crippen LogP contribution < -0.4 is 20.2 Å². The number of methoxy groups -OCH3 is 1. The van der Waals surface area contributed by atoms with Crippen molar-refractivity contribution in [3.05, 3.63) is 94.5 Å². The minimum absolute atomic E-state index is 0.199. The Bertz CT molecular complexity index is 1170. The first-order chi connectivity index (χ1) is 17.5. The normalized spacial score (nSPS) is 11.5. The molecule has 3 aromatic rings. The van der Waals surface area contributed by atoms with E-state index in [1.54, 1.807) is 44.4 Å². The van der Waals surface area contributed by atoms with Crippen LogP contribution in [0.15, 0.2) is 77.9 Å². The summed E-state index contributed by atoms with van der Waals surface area (Å²) in [5.41, 5.74) is 5.02. The second-order valence-electron chi connectivity index (χ2n) is 7.67. The summed E-state index contributed by atoms with van der Waals surface area (Å²) in [6.45, 7) is 2.25. The molecular formula is C27H28ClN3O5. The van der Waals surface area contributed by atoms with Gasteiger partial charge in [-0.3, -0.25) is 4.79 Å². The zero-order chi connectivity index (χ0) is 25.8. The molecule has 9 heteroatoms. The van der Waals surface area contributed by atoms with E-state index in [4.69, 9.17) is 25.8 Å². The zero-order valence-electron chi connectivity index (χ0n) is 20.1. The first-order valence-corrected chi connectivity index (χ1v) is 11.7. The summed E-state index contributed by atoms with van der Waals surface area (Å²) in [7, 11) is 1.54. The number of benzene rings is 3. The van der Waals surface area contributed by atoms with Gasteiger partial charge in [-0.1, -0.05) is 54.1 Å².